The molecule has 0 atom stereocenters. The van der Waals surface area contributed by atoms with Crippen LogP contribution >= 0.6 is 0 Å². The highest BCUT2D eigenvalue weighted by Crippen LogP contribution is 2.24. The second-order valence-electron chi connectivity index (χ2n) is 5.57. The Bertz CT molecular complexity index is 739. The summed E-state index contributed by atoms with van der Waals surface area (Å²) in [5.74, 6) is -1.71. The fourth-order valence-corrected chi connectivity index (χ4v) is 2.13. The zero-order chi connectivity index (χ0) is 17.9. The number of aliphatic carboxylic acids is 1. The number of alkyl halides is 2. The van der Waals surface area contributed by atoms with Gasteiger partial charge in [-0.1, -0.05) is 13.8 Å². The highest BCUT2D eigenvalue weighted by Gasteiger charge is 2.25. The number of amides is 1. The molecule has 0 fully saturated rings. The summed E-state index contributed by atoms with van der Waals surface area (Å²) in [4.78, 5) is 22.8. The topological polar surface area (TPSA) is 102 Å². The van der Waals surface area contributed by atoms with Crippen LogP contribution < -0.4 is 5.32 Å². The van der Waals surface area contributed by atoms with E-state index in [4.69, 9.17) is 5.11 Å². The Morgan fingerprint density at radius 3 is 2.67 bits per heavy atom. The SMILES string of the molecule is CC(C)Cn1ncc(C(=O)Nc2ccn(CC(=O)O)n2)c1C(F)F. The molecule has 0 unspecified atom stereocenters. The number of carbonyl (C=O) groups is 2. The van der Waals surface area contributed by atoms with E-state index in [0.29, 0.717) is 0 Å². The number of anilines is 1. The number of nitrogens with zero attached hydrogens (tertiary/aromatic N) is 4. The molecule has 2 N–H and O–H groups in total. The van der Waals surface area contributed by atoms with Gasteiger partial charge in [0.25, 0.3) is 12.3 Å². The largest absolute Gasteiger partial charge is 0.480 e. The van der Waals surface area contributed by atoms with Gasteiger partial charge in [-0.05, 0) is 5.92 Å². The predicted molar refractivity (Wildman–Crippen MR) is 79.8 cm³/mol. The maximum atomic E-state index is 13.3. The van der Waals surface area contributed by atoms with Gasteiger partial charge in [-0.15, -0.1) is 0 Å². The average molecular weight is 341 g/mol. The van der Waals surface area contributed by atoms with Crippen molar-refractivity contribution in [1.29, 1.82) is 0 Å². The third kappa shape index (κ3) is 4.15. The van der Waals surface area contributed by atoms with E-state index in [0.717, 1.165) is 15.6 Å². The molecule has 130 valence electrons. The molecule has 2 rings (SSSR count). The first-order valence-corrected chi connectivity index (χ1v) is 7.18. The summed E-state index contributed by atoms with van der Waals surface area (Å²) in [6.07, 6.45) is -0.399. The molecule has 8 nitrogen and oxygen atoms in total. The van der Waals surface area contributed by atoms with E-state index in [2.05, 4.69) is 15.5 Å². The zero-order valence-corrected chi connectivity index (χ0v) is 13.1. The Labute approximate surface area is 136 Å². The van der Waals surface area contributed by atoms with E-state index < -0.39 is 24.0 Å². The number of nitrogens with one attached hydrogen (secondary N) is 1. The van der Waals surface area contributed by atoms with Gasteiger partial charge >= 0.3 is 5.97 Å². The third-order valence-corrected chi connectivity index (χ3v) is 3.05. The molecule has 10 heteroatoms. The van der Waals surface area contributed by atoms with E-state index in [9.17, 15) is 18.4 Å². The second-order valence-corrected chi connectivity index (χ2v) is 5.57. The molecule has 2 aromatic rings. The molecule has 0 saturated carbocycles. The van der Waals surface area contributed by atoms with Gasteiger partial charge in [0.2, 0.25) is 0 Å². The quantitative estimate of drug-likeness (QED) is 0.802. The Kier molecular flexibility index (Phi) is 5.27. The number of hydrogen-bond acceptors (Lipinski definition) is 4. The fourth-order valence-electron chi connectivity index (χ4n) is 2.13. The molecular weight excluding hydrogens is 324 g/mol. The van der Waals surface area contributed by atoms with Crippen molar-refractivity contribution in [1.82, 2.24) is 19.6 Å². The first-order valence-electron chi connectivity index (χ1n) is 7.18. The molecule has 0 aliphatic carbocycles. The maximum Gasteiger partial charge on any atom is 0.325 e. The number of rotatable bonds is 7. The molecule has 0 bridgehead atoms. The molecule has 0 aliphatic rings. The van der Waals surface area contributed by atoms with Crippen molar-refractivity contribution in [3.05, 3.63) is 29.7 Å². The van der Waals surface area contributed by atoms with Crippen LogP contribution in [0.2, 0.25) is 0 Å². The summed E-state index contributed by atoms with van der Waals surface area (Å²) in [5.41, 5.74) is -0.690. The standard InChI is InChI=1S/C14H17F2N5O3/c1-8(2)6-21-12(13(15)16)9(5-17-21)14(24)18-10-3-4-20(19-10)7-11(22)23/h3-5,8,13H,6-7H2,1-2H3,(H,22,23)(H,18,19,24). The second kappa shape index (κ2) is 7.20. The number of halogens is 2. The van der Waals surface area contributed by atoms with Crippen LogP contribution in [0.5, 0.6) is 0 Å². The van der Waals surface area contributed by atoms with E-state index in [1.54, 1.807) is 0 Å². The number of aromatic nitrogens is 4. The summed E-state index contributed by atoms with van der Waals surface area (Å²) in [6, 6.07) is 1.38. The van der Waals surface area contributed by atoms with Crippen molar-refractivity contribution in [2.24, 2.45) is 5.92 Å². The zero-order valence-electron chi connectivity index (χ0n) is 13.1. The Balaban J connectivity index is 2.19. The van der Waals surface area contributed by atoms with Crippen molar-refractivity contribution in [3.63, 3.8) is 0 Å². The predicted octanol–water partition coefficient (Wildman–Crippen LogP) is 2.01. The van der Waals surface area contributed by atoms with E-state index in [1.165, 1.54) is 12.3 Å². The minimum absolute atomic E-state index is 0.0677. The van der Waals surface area contributed by atoms with Gasteiger partial charge in [0.1, 0.15) is 12.2 Å². The summed E-state index contributed by atoms with van der Waals surface area (Å²) in [7, 11) is 0. The van der Waals surface area contributed by atoms with E-state index >= 15 is 0 Å². The van der Waals surface area contributed by atoms with Crippen LogP contribution in [-0.4, -0.2) is 36.5 Å². The van der Waals surface area contributed by atoms with Crippen molar-refractivity contribution < 1.29 is 23.5 Å². The van der Waals surface area contributed by atoms with Crippen LogP contribution in [0.3, 0.4) is 0 Å². The first kappa shape index (κ1) is 17.6. The maximum absolute atomic E-state index is 13.3. The highest BCUT2D eigenvalue weighted by molar-refractivity contribution is 6.04. The number of carbonyl (C=O) groups excluding carboxylic acids is 1. The summed E-state index contributed by atoms with van der Waals surface area (Å²) in [5, 5.41) is 18.7. The van der Waals surface area contributed by atoms with Crippen molar-refractivity contribution in [2.45, 2.75) is 33.4 Å². The van der Waals surface area contributed by atoms with Gasteiger partial charge < -0.3 is 10.4 Å². The van der Waals surface area contributed by atoms with Crippen LogP contribution in [0.15, 0.2) is 18.5 Å². The molecule has 0 radical (unpaired) electrons. The summed E-state index contributed by atoms with van der Waals surface area (Å²) in [6.45, 7) is 3.60. The Morgan fingerprint density at radius 2 is 2.08 bits per heavy atom. The minimum atomic E-state index is -2.85. The van der Waals surface area contributed by atoms with Crippen molar-refractivity contribution in [3.8, 4) is 0 Å². The van der Waals surface area contributed by atoms with E-state index in [1.807, 2.05) is 13.8 Å². The highest BCUT2D eigenvalue weighted by atomic mass is 19.3. The summed E-state index contributed by atoms with van der Waals surface area (Å²) >= 11 is 0. The molecule has 0 aromatic carbocycles. The van der Waals surface area contributed by atoms with Gasteiger partial charge in [0, 0.05) is 18.8 Å². The number of carboxylic acid groups (broad SMARTS) is 1. The molecule has 24 heavy (non-hydrogen) atoms. The lowest BCUT2D eigenvalue weighted by Crippen LogP contribution is -2.17. The summed E-state index contributed by atoms with van der Waals surface area (Å²) < 4.78 is 28.8. The van der Waals surface area contributed by atoms with Crippen molar-refractivity contribution in [2.75, 3.05) is 5.32 Å². The smallest absolute Gasteiger partial charge is 0.325 e. The van der Waals surface area contributed by atoms with Gasteiger partial charge in [-0.2, -0.15) is 10.2 Å². The molecule has 0 aliphatic heterocycles. The van der Waals surface area contributed by atoms with Crippen molar-refractivity contribution >= 4 is 17.7 Å². The van der Waals surface area contributed by atoms with Crippen LogP contribution in [0.25, 0.3) is 0 Å². The normalized spacial score (nSPS) is 11.2. The third-order valence-electron chi connectivity index (χ3n) is 3.05. The van der Waals surface area contributed by atoms with Crippen LogP contribution in [0.1, 0.15) is 36.3 Å². The van der Waals surface area contributed by atoms with Gasteiger partial charge in [-0.3, -0.25) is 19.0 Å². The Hall–Kier alpha value is -2.78. The molecular formula is C14H17F2N5O3. The van der Waals surface area contributed by atoms with Gasteiger partial charge in [-0.25, -0.2) is 8.78 Å². The lowest BCUT2D eigenvalue weighted by Gasteiger charge is -2.10. The van der Waals surface area contributed by atoms with Gasteiger partial charge in [0.05, 0.1) is 11.8 Å². The lowest BCUT2D eigenvalue weighted by molar-refractivity contribution is -0.137. The molecule has 1 amide bonds. The average Bonchev–Trinajstić information content (AvgIpc) is 3.04. The number of carboxylic acids is 1. The monoisotopic (exact) mass is 341 g/mol. The Morgan fingerprint density at radius 1 is 1.38 bits per heavy atom. The molecule has 2 heterocycles. The van der Waals surface area contributed by atoms with Crippen LogP contribution in [-0.2, 0) is 17.9 Å². The lowest BCUT2D eigenvalue weighted by atomic mass is 10.2. The van der Waals surface area contributed by atoms with Crippen LogP contribution in [0.4, 0.5) is 14.6 Å². The minimum Gasteiger partial charge on any atom is -0.480 e. The van der Waals surface area contributed by atoms with Crippen LogP contribution in [0, 0.1) is 5.92 Å². The number of hydrogen-bond donors (Lipinski definition) is 2. The molecule has 0 saturated heterocycles. The van der Waals surface area contributed by atoms with E-state index in [-0.39, 0.29) is 30.4 Å². The van der Waals surface area contributed by atoms with Gasteiger partial charge in [0.15, 0.2) is 5.82 Å². The molecule has 2 aromatic heterocycles. The molecule has 0 spiro atoms. The fraction of sp³-hybridized carbons (Fsp3) is 0.429. The first-order chi connectivity index (χ1) is 11.3.